The predicted molar refractivity (Wildman–Crippen MR) is 105 cm³/mol. The van der Waals surface area contributed by atoms with Crippen molar-refractivity contribution in [2.45, 2.75) is 19.9 Å². The summed E-state index contributed by atoms with van der Waals surface area (Å²) in [5.41, 5.74) is 1.56. The Kier molecular flexibility index (Phi) is 5.69. The molecule has 0 aliphatic rings. The van der Waals surface area contributed by atoms with Gasteiger partial charge in [-0.05, 0) is 50.2 Å². The molecule has 7 nitrogen and oxygen atoms in total. The van der Waals surface area contributed by atoms with Gasteiger partial charge in [0.1, 0.15) is 5.82 Å². The number of anilines is 2. The molecule has 8 heteroatoms. The Labute approximate surface area is 161 Å². The number of hydrogen-bond acceptors (Lipinski definition) is 3. The van der Waals surface area contributed by atoms with Gasteiger partial charge in [0.2, 0.25) is 0 Å². The number of carbonyl (C=O) groups is 2. The molecule has 1 aromatic heterocycles. The maximum Gasteiger partial charge on any atom is 0.319 e. The number of carbonyl (C=O) groups excluding carboxylic acids is 2. The highest BCUT2D eigenvalue weighted by molar-refractivity contribution is 6.06. The molecule has 0 aliphatic heterocycles. The fourth-order valence-electron chi connectivity index (χ4n) is 2.52. The minimum atomic E-state index is -0.450. The molecule has 28 heavy (non-hydrogen) atoms. The van der Waals surface area contributed by atoms with Crippen LogP contribution < -0.4 is 16.0 Å². The minimum absolute atomic E-state index is 0.0199. The molecule has 0 radical (unpaired) electrons. The number of urea groups is 1. The largest absolute Gasteiger partial charge is 0.336 e. The standard InChI is InChI=1S/C20H20FN5O2/c1-13(2)22-20(28)24-17-9-4-3-8-16(17)23-19(27)18-10-11-26(25-18)15-7-5-6-14(21)12-15/h3-13H,1-2H3,(H,23,27)(H2,22,24,28). The molecule has 3 rings (SSSR count). The van der Waals surface area contributed by atoms with E-state index in [2.05, 4.69) is 21.0 Å². The van der Waals surface area contributed by atoms with E-state index in [1.165, 1.54) is 22.9 Å². The van der Waals surface area contributed by atoms with Gasteiger partial charge in [0, 0.05) is 12.2 Å². The summed E-state index contributed by atoms with van der Waals surface area (Å²) < 4.78 is 14.8. The molecule has 0 atom stereocenters. The summed E-state index contributed by atoms with van der Waals surface area (Å²) >= 11 is 0. The summed E-state index contributed by atoms with van der Waals surface area (Å²) in [6, 6.07) is 13.9. The van der Waals surface area contributed by atoms with Crippen LogP contribution in [-0.4, -0.2) is 27.8 Å². The first-order valence-corrected chi connectivity index (χ1v) is 8.72. The maximum atomic E-state index is 13.4. The van der Waals surface area contributed by atoms with Crippen molar-refractivity contribution < 1.29 is 14.0 Å². The molecule has 1 heterocycles. The third-order valence-electron chi connectivity index (χ3n) is 3.74. The van der Waals surface area contributed by atoms with Gasteiger partial charge in [0.15, 0.2) is 5.69 Å². The van der Waals surface area contributed by atoms with Crippen LogP contribution in [0.15, 0.2) is 60.8 Å². The Morgan fingerprint density at radius 3 is 2.39 bits per heavy atom. The normalized spacial score (nSPS) is 10.6. The van der Waals surface area contributed by atoms with Gasteiger partial charge in [-0.15, -0.1) is 0 Å². The number of nitrogens with zero attached hydrogens (tertiary/aromatic N) is 2. The molecule has 3 N–H and O–H groups in total. The van der Waals surface area contributed by atoms with E-state index in [0.29, 0.717) is 17.1 Å². The third kappa shape index (κ3) is 4.73. The second-order valence-electron chi connectivity index (χ2n) is 6.38. The van der Waals surface area contributed by atoms with Crippen LogP contribution in [0, 0.1) is 5.82 Å². The van der Waals surface area contributed by atoms with Crippen LogP contribution in [0.1, 0.15) is 24.3 Å². The SMILES string of the molecule is CC(C)NC(=O)Nc1ccccc1NC(=O)c1ccn(-c2cccc(F)c2)n1. The van der Waals surface area contributed by atoms with Crippen LogP contribution >= 0.6 is 0 Å². The highest BCUT2D eigenvalue weighted by atomic mass is 19.1. The number of nitrogens with one attached hydrogen (secondary N) is 3. The van der Waals surface area contributed by atoms with Crippen molar-refractivity contribution >= 4 is 23.3 Å². The van der Waals surface area contributed by atoms with E-state index in [0.717, 1.165) is 0 Å². The average Bonchev–Trinajstić information content (AvgIpc) is 3.13. The van der Waals surface area contributed by atoms with Crippen LogP contribution in [0.5, 0.6) is 0 Å². The maximum absolute atomic E-state index is 13.4. The van der Waals surface area contributed by atoms with Gasteiger partial charge >= 0.3 is 6.03 Å². The van der Waals surface area contributed by atoms with Gasteiger partial charge in [0.05, 0.1) is 17.1 Å². The van der Waals surface area contributed by atoms with E-state index in [9.17, 15) is 14.0 Å². The highest BCUT2D eigenvalue weighted by Gasteiger charge is 2.14. The molecular formula is C20H20FN5O2. The van der Waals surface area contributed by atoms with Crippen molar-refractivity contribution in [1.82, 2.24) is 15.1 Å². The van der Waals surface area contributed by atoms with E-state index in [1.807, 2.05) is 13.8 Å². The van der Waals surface area contributed by atoms with Gasteiger partial charge < -0.3 is 16.0 Å². The first kappa shape index (κ1) is 19.1. The Morgan fingerprint density at radius 2 is 1.71 bits per heavy atom. The molecule has 0 fully saturated rings. The van der Waals surface area contributed by atoms with Crippen molar-refractivity contribution in [1.29, 1.82) is 0 Å². The predicted octanol–water partition coefficient (Wildman–Crippen LogP) is 3.79. The van der Waals surface area contributed by atoms with Crippen LogP contribution in [-0.2, 0) is 0 Å². The summed E-state index contributed by atoms with van der Waals surface area (Å²) in [5, 5.41) is 12.3. The molecule has 0 unspecified atom stereocenters. The Balaban J connectivity index is 1.74. The second-order valence-corrected chi connectivity index (χ2v) is 6.38. The van der Waals surface area contributed by atoms with Gasteiger partial charge in [-0.2, -0.15) is 5.10 Å². The highest BCUT2D eigenvalue weighted by Crippen LogP contribution is 2.21. The van der Waals surface area contributed by atoms with Gasteiger partial charge in [0.25, 0.3) is 5.91 Å². The number of rotatable bonds is 5. The quantitative estimate of drug-likeness (QED) is 0.628. The Hall–Kier alpha value is -3.68. The van der Waals surface area contributed by atoms with E-state index in [1.54, 1.807) is 42.6 Å². The molecule has 3 amide bonds. The molecule has 3 aromatic rings. The van der Waals surface area contributed by atoms with Crippen molar-refractivity contribution in [3.63, 3.8) is 0 Å². The number of para-hydroxylation sites is 2. The summed E-state index contributed by atoms with van der Waals surface area (Å²) in [4.78, 5) is 24.5. The molecule has 0 spiro atoms. The molecule has 144 valence electrons. The smallest absolute Gasteiger partial charge is 0.319 e. The lowest BCUT2D eigenvalue weighted by molar-refractivity contribution is 0.102. The molecular weight excluding hydrogens is 361 g/mol. The summed E-state index contributed by atoms with van der Waals surface area (Å²) in [7, 11) is 0. The number of amides is 3. The number of halogens is 1. The zero-order chi connectivity index (χ0) is 20.1. The van der Waals surface area contributed by atoms with Gasteiger partial charge in [-0.3, -0.25) is 4.79 Å². The lowest BCUT2D eigenvalue weighted by atomic mass is 10.2. The summed E-state index contributed by atoms with van der Waals surface area (Å²) in [6.07, 6.45) is 1.57. The Morgan fingerprint density at radius 1 is 1.00 bits per heavy atom. The summed E-state index contributed by atoms with van der Waals surface area (Å²) in [6.45, 7) is 3.70. The lowest BCUT2D eigenvalue weighted by Gasteiger charge is -2.13. The van der Waals surface area contributed by atoms with Crippen LogP contribution in [0.4, 0.5) is 20.6 Å². The molecule has 0 saturated heterocycles. The van der Waals surface area contributed by atoms with Crippen molar-refractivity contribution in [2.75, 3.05) is 10.6 Å². The fourth-order valence-corrected chi connectivity index (χ4v) is 2.52. The number of aromatic nitrogens is 2. The van der Waals surface area contributed by atoms with E-state index in [4.69, 9.17) is 0 Å². The second kappa shape index (κ2) is 8.34. The first-order valence-electron chi connectivity index (χ1n) is 8.72. The molecule has 0 bridgehead atoms. The minimum Gasteiger partial charge on any atom is -0.336 e. The zero-order valence-corrected chi connectivity index (χ0v) is 15.4. The molecule has 0 aliphatic carbocycles. The zero-order valence-electron chi connectivity index (χ0n) is 15.4. The van der Waals surface area contributed by atoms with E-state index >= 15 is 0 Å². The van der Waals surface area contributed by atoms with Gasteiger partial charge in [-0.1, -0.05) is 18.2 Å². The van der Waals surface area contributed by atoms with E-state index < -0.39 is 11.7 Å². The lowest BCUT2D eigenvalue weighted by Crippen LogP contribution is -2.34. The Bertz CT molecular complexity index is 1000. The van der Waals surface area contributed by atoms with Crippen LogP contribution in [0.3, 0.4) is 0 Å². The number of benzene rings is 2. The number of hydrogen-bond donors (Lipinski definition) is 3. The van der Waals surface area contributed by atoms with Crippen LogP contribution in [0.25, 0.3) is 5.69 Å². The van der Waals surface area contributed by atoms with Crippen molar-refractivity contribution in [2.24, 2.45) is 0 Å². The fraction of sp³-hybridized carbons (Fsp3) is 0.150. The third-order valence-corrected chi connectivity index (χ3v) is 3.74. The average molecular weight is 381 g/mol. The van der Waals surface area contributed by atoms with Crippen molar-refractivity contribution in [3.8, 4) is 5.69 Å². The topological polar surface area (TPSA) is 88.0 Å². The monoisotopic (exact) mass is 381 g/mol. The summed E-state index contributed by atoms with van der Waals surface area (Å²) in [5.74, 6) is -0.840. The molecule has 2 aromatic carbocycles. The van der Waals surface area contributed by atoms with E-state index in [-0.39, 0.29) is 17.8 Å². The molecule has 0 saturated carbocycles. The van der Waals surface area contributed by atoms with Gasteiger partial charge in [-0.25, -0.2) is 13.9 Å². The van der Waals surface area contributed by atoms with Crippen LogP contribution in [0.2, 0.25) is 0 Å². The van der Waals surface area contributed by atoms with Crippen molar-refractivity contribution in [3.05, 3.63) is 72.3 Å². The first-order chi connectivity index (χ1) is 13.4.